The highest BCUT2D eigenvalue weighted by atomic mass is 79.9. The molecular weight excluding hydrogens is 320 g/mol. The zero-order valence-corrected chi connectivity index (χ0v) is 12.5. The highest BCUT2D eigenvalue weighted by molar-refractivity contribution is 9.10. The van der Waals surface area contributed by atoms with E-state index in [4.69, 9.17) is 0 Å². The van der Waals surface area contributed by atoms with Gasteiger partial charge in [0.15, 0.2) is 5.82 Å². The molecular formula is C14H13BrN4O. The van der Waals surface area contributed by atoms with E-state index in [9.17, 15) is 4.79 Å². The number of aryl methyl sites for hydroxylation is 1. The van der Waals surface area contributed by atoms with Gasteiger partial charge in [0.05, 0.1) is 5.69 Å². The van der Waals surface area contributed by atoms with Gasteiger partial charge in [-0.1, -0.05) is 19.4 Å². The second kappa shape index (κ2) is 5.20. The summed E-state index contributed by atoms with van der Waals surface area (Å²) in [5.41, 5.74) is 2.09. The minimum Gasteiger partial charge on any atom is -0.306 e. The lowest BCUT2D eigenvalue weighted by atomic mass is 10.2. The summed E-state index contributed by atoms with van der Waals surface area (Å²) in [5.74, 6) is 0.505. The summed E-state index contributed by atoms with van der Waals surface area (Å²) in [6, 6.07) is 5.76. The number of hydrogen-bond donors (Lipinski definition) is 1. The van der Waals surface area contributed by atoms with E-state index in [1.165, 1.54) is 0 Å². The van der Waals surface area contributed by atoms with Crippen molar-refractivity contribution in [2.75, 3.05) is 0 Å². The van der Waals surface area contributed by atoms with Gasteiger partial charge in [-0.05, 0) is 34.5 Å². The number of nitrogens with zero attached hydrogens (tertiary/aromatic N) is 3. The molecule has 0 aliphatic carbocycles. The minimum atomic E-state index is -0.171. The number of nitrogens with one attached hydrogen (secondary N) is 1. The Labute approximate surface area is 123 Å². The van der Waals surface area contributed by atoms with Crippen LogP contribution in [0.25, 0.3) is 17.2 Å². The molecule has 3 heterocycles. The van der Waals surface area contributed by atoms with Crippen LogP contribution >= 0.6 is 15.9 Å². The minimum absolute atomic E-state index is 0.171. The fraction of sp³-hybridized carbons (Fsp3) is 0.214. The third-order valence-electron chi connectivity index (χ3n) is 3.02. The maximum absolute atomic E-state index is 11.9. The highest BCUT2D eigenvalue weighted by Crippen LogP contribution is 2.18. The molecule has 0 unspecified atom stereocenters. The van der Waals surface area contributed by atoms with Gasteiger partial charge in [0.2, 0.25) is 0 Å². The van der Waals surface area contributed by atoms with Gasteiger partial charge in [0.1, 0.15) is 15.8 Å². The van der Waals surface area contributed by atoms with Crippen molar-refractivity contribution in [1.29, 1.82) is 0 Å². The molecule has 3 aromatic rings. The van der Waals surface area contributed by atoms with Crippen molar-refractivity contribution in [3.05, 3.63) is 51.1 Å². The lowest BCUT2D eigenvalue weighted by Crippen LogP contribution is -2.13. The predicted molar refractivity (Wildman–Crippen MR) is 80.7 cm³/mol. The first-order valence-electron chi connectivity index (χ1n) is 6.42. The number of rotatable bonds is 3. The molecule has 0 fully saturated rings. The molecule has 3 rings (SSSR count). The van der Waals surface area contributed by atoms with Gasteiger partial charge in [-0.3, -0.25) is 4.79 Å². The Bertz CT molecular complexity index is 788. The third kappa shape index (κ3) is 2.27. The average molecular weight is 333 g/mol. The van der Waals surface area contributed by atoms with Crippen LogP contribution in [0, 0.1) is 0 Å². The predicted octanol–water partition coefficient (Wildman–Crippen LogP) is 2.80. The van der Waals surface area contributed by atoms with Gasteiger partial charge in [0, 0.05) is 12.4 Å². The summed E-state index contributed by atoms with van der Waals surface area (Å²) in [7, 11) is 0. The smallest absolute Gasteiger partial charge is 0.265 e. The summed E-state index contributed by atoms with van der Waals surface area (Å²) in [4.78, 5) is 23.7. The van der Waals surface area contributed by atoms with Gasteiger partial charge in [0.25, 0.3) is 5.56 Å². The maximum Gasteiger partial charge on any atom is 0.265 e. The Morgan fingerprint density at radius 3 is 2.95 bits per heavy atom. The number of halogens is 1. The van der Waals surface area contributed by atoms with Gasteiger partial charge in [-0.15, -0.1) is 0 Å². The quantitative estimate of drug-likeness (QED) is 0.802. The molecule has 0 radical (unpaired) electrons. The van der Waals surface area contributed by atoms with Crippen LogP contribution < -0.4 is 5.56 Å². The maximum atomic E-state index is 11.9. The number of aromatic amines is 1. The Morgan fingerprint density at radius 2 is 2.20 bits per heavy atom. The molecule has 0 atom stereocenters. The normalized spacial score (nSPS) is 11.1. The molecule has 0 saturated carbocycles. The van der Waals surface area contributed by atoms with Crippen molar-refractivity contribution >= 4 is 21.6 Å². The van der Waals surface area contributed by atoms with E-state index in [2.05, 4.69) is 37.8 Å². The first-order chi connectivity index (χ1) is 9.69. The first kappa shape index (κ1) is 13.1. The summed E-state index contributed by atoms with van der Waals surface area (Å²) in [6.45, 7) is 2.06. The van der Waals surface area contributed by atoms with Crippen molar-refractivity contribution < 1.29 is 0 Å². The van der Waals surface area contributed by atoms with Crippen LogP contribution in [0.2, 0.25) is 0 Å². The van der Waals surface area contributed by atoms with E-state index in [0.717, 1.165) is 24.2 Å². The SMILES string of the molecule is CCCc1nc(-c2cn3ccccc3n2)[nH]c(=O)c1Br. The van der Waals surface area contributed by atoms with Crippen molar-refractivity contribution in [3.63, 3.8) is 0 Å². The van der Waals surface area contributed by atoms with E-state index in [1.807, 2.05) is 35.0 Å². The molecule has 0 saturated heterocycles. The summed E-state index contributed by atoms with van der Waals surface area (Å²) in [6.07, 6.45) is 5.46. The summed E-state index contributed by atoms with van der Waals surface area (Å²) < 4.78 is 2.41. The number of aromatic nitrogens is 4. The van der Waals surface area contributed by atoms with Gasteiger partial charge in [-0.25, -0.2) is 9.97 Å². The van der Waals surface area contributed by atoms with Crippen molar-refractivity contribution in [3.8, 4) is 11.5 Å². The van der Waals surface area contributed by atoms with Crippen LogP contribution in [0.15, 0.2) is 39.9 Å². The van der Waals surface area contributed by atoms with E-state index < -0.39 is 0 Å². The molecule has 0 bridgehead atoms. The average Bonchev–Trinajstić information content (AvgIpc) is 2.87. The molecule has 6 heteroatoms. The molecule has 0 spiro atoms. The van der Waals surface area contributed by atoms with Crippen LogP contribution in [-0.4, -0.2) is 19.4 Å². The fourth-order valence-electron chi connectivity index (χ4n) is 2.08. The van der Waals surface area contributed by atoms with Crippen LogP contribution in [0.4, 0.5) is 0 Å². The van der Waals surface area contributed by atoms with Crippen LogP contribution in [0.5, 0.6) is 0 Å². The standard InChI is InChI=1S/C14H13BrN4O/c1-2-5-9-12(15)14(20)18-13(17-9)10-8-19-7-4-3-6-11(19)16-10/h3-4,6-8H,2,5H2,1H3,(H,17,18,20). The van der Waals surface area contributed by atoms with E-state index >= 15 is 0 Å². The van der Waals surface area contributed by atoms with Crippen molar-refractivity contribution in [2.45, 2.75) is 19.8 Å². The van der Waals surface area contributed by atoms with Crippen LogP contribution in [0.3, 0.4) is 0 Å². The van der Waals surface area contributed by atoms with Crippen LogP contribution in [0.1, 0.15) is 19.0 Å². The van der Waals surface area contributed by atoms with Gasteiger partial charge in [-0.2, -0.15) is 0 Å². The summed E-state index contributed by atoms with van der Waals surface area (Å²) in [5, 5.41) is 0. The molecule has 0 aliphatic rings. The van der Waals surface area contributed by atoms with E-state index in [1.54, 1.807) is 0 Å². The highest BCUT2D eigenvalue weighted by Gasteiger charge is 2.12. The number of fused-ring (bicyclic) bond motifs is 1. The number of H-pyrrole nitrogens is 1. The number of imidazole rings is 1. The lowest BCUT2D eigenvalue weighted by molar-refractivity contribution is 0.860. The Hall–Kier alpha value is -1.95. The third-order valence-corrected chi connectivity index (χ3v) is 3.84. The van der Waals surface area contributed by atoms with Gasteiger partial charge >= 0.3 is 0 Å². The largest absolute Gasteiger partial charge is 0.306 e. The molecule has 1 N–H and O–H groups in total. The van der Waals surface area contributed by atoms with Crippen molar-refractivity contribution in [1.82, 2.24) is 19.4 Å². The Kier molecular flexibility index (Phi) is 3.40. The Morgan fingerprint density at radius 1 is 1.35 bits per heavy atom. The molecule has 0 aliphatic heterocycles. The second-order valence-electron chi connectivity index (χ2n) is 4.52. The topological polar surface area (TPSA) is 63.1 Å². The van der Waals surface area contributed by atoms with E-state index in [0.29, 0.717) is 16.0 Å². The molecule has 0 aromatic carbocycles. The fourth-order valence-corrected chi connectivity index (χ4v) is 2.46. The lowest BCUT2D eigenvalue weighted by Gasteiger charge is -2.03. The zero-order valence-electron chi connectivity index (χ0n) is 10.9. The molecule has 102 valence electrons. The first-order valence-corrected chi connectivity index (χ1v) is 7.21. The molecule has 3 aromatic heterocycles. The van der Waals surface area contributed by atoms with E-state index in [-0.39, 0.29) is 5.56 Å². The molecule has 20 heavy (non-hydrogen) atoms. The number of hydrogen-bond acceptors (Lipinski definition) is 3. The van der Waals surface area contributed by atoms with Crippen molar-refractivity contribution in [2.24, 2.45) is 0 Å². The second-order valence-corrected chi connectivity index (χ2v) is 5.31. The van der Waals surface area contributed by atoms with Gasteiger partial charge < -0.3 is 9.38 Å². The molecule has 0 amide bonds. The monoisotopic (exact) mass is 332 g/mol. The van der Waals surface area contributed by atoms with Crippen LogP contribution in [-0.2, 0) is 6.42 Å². The Balaban J connectivity index is 2.16. The zero-order chi connectivity index (χ0) is 14.1. The molecule has 5 nitrogen and oxygen atoms in total. The number of pyridine rings is 1. The summed E-state index contributed by atoms with van der Waals surface area (Å²) >= 11 is 3.29.